The van der Waals surface area contributed by atoms with E-state index in [4.69, 9.17) is 9.29 Å². The lowest BCUT2D eigenvalue weighted by atomic mass is 9.71. The van der Waals surface area contributed by atoms with Crippen LogP contribution in [-0.2, 0) is 20.8 Å². The molecule has 7 heteroatoms. The van der Waals surface area contributed by atoms with Crippen molar-refractivity contribution >= 4 is 17.2 Å². The van der Waals surface area contributed by atoms with E-state index in [9.17, 15) is 14.1 Å². The summed E-state index contributed by atoms with van der Waals surface area (Å²) in [6, 6.07) is 0. The lowest BCUT2D eigenvalue weighted by molar-refractivity contribution is -0.140. The highest BCUT2D eigenvalue weighted by Crippen LogP contribution is 2.53. The molecule has 3 rings (SSSR count). The summed E-state index contributed by atoms with van der Waals surface area (Å²) in [7, 11) is 0. The molecule has 0 aromatic heterocycles. The zero-order valence-corrected chi connectivity index (χ0v) is 10.7. The molecule has 1 saturated carbocycles. The molecule has 2 unspecified atom stereocenters. The molecule has 0 radical (unpaired) electrons. The van der Waals surface area contributed by atoms with Gasteiger partial charge in [-0.1, -0.05) is 6.08 Å². The molecule has 0 amide bonds. The van der Waals surface area contributed by atoms with Crippen molar-refractivity contribution in [3.8, 4) is 0 Å². The highest BCUT2D eigenvalue weighted by molar-refractivity contribution is 7.77. The van der Waals surface area contributed by atoms with Crippen LogP contribution in [0.2, 0.25) is 0 Å². The molecule has 3 aliphatic rings. The van der Waals surface area contributed by atoms with E-state index < -0.39 is 34.5 Å². The fourth-order valence-electron chi connectivity index (χ4n) is 3.55. The largest absolute Gasteiger partial charge is 0.455 e. The first-order chi connectivity index (χ1) is 8.35. The summed E-state index contributed by atoms with van der Waals surface area (Å²) < 4.78 is 27.6. The van der Waals surface area contributed by atoms with Gasteiger partial charge in [-0.25, -0.2) is 13.7 Å². The van der Waals surface area contributed by atoms with Crippen molar-refractivity contribution in [3.05, 3.63) is 11.6 Å². The maximum absolute atomic E-state index is 11.8. The van der Waals surface area contributed by atoms with E-state index in [1.807, 2.05) is 0 Å². The fraction of sp³-hybridized carbons (Fsp3) is 0.727. The zero-order valence-electron chi connectivity index (χ0n) is 9.88. The fourth-order valence-corrected chi connectivity index (χ4v) is 4.09. The van der Waals surface area contributed by atoms with Crippen LogP contribution in [0.5, 0.6) is 0 Å². The standard InChI is InChI=1S/C11H15NO5S/c1-10(12-18(15)16)4-6-2-3-8-11(6,14)7(5-10)9(13)17-8/h5-6,8,12,14H,2-4H2,1H3,(H,15,16)/t6?,8-,10-,11+/m1/s1. The quantitative estimate of drug-likeness (QED) is 0.481. The predicted molar refractivity (Wildman–Crippen MR) is 62.6 cm³/mol. The van der Waals surface area contributed by atoms with Crippen LogP contribution in [0.3, 0.4) is 0 Å². The SMILES string of the molecule is C[C@]1(NS(=O)O)C=C2C(=O)O[C@@H]3CCC(C1)[C@]23O. The van der Waals surface area contributed by atoms with E-state index in [0.29, 0.717) is 12.8 Å². The molecule has 3 N–H and O–H groups in total. The highest BCUT2D eigenvalue weighted by Gasteiger charge is 2.63. The molecule has 2 aliphatic carbocycles. The van der Waals surface area contributed by atoms with Crippen molar-refractivity contribution in [2.24, 2.45) is 5.92 Å². The number of carbonyl (C=O) groups is 1. The molecule has 1 saturated heterocycles. The normalized spacial score (nSPS) is 47.5. The summed E-state index contributed by atoms with van der Waals surface area (Å²) in [5.74, 6) is -0.626. The lowest BCUT2D eigenvalue weighted by Gasteiger charge is -2.40. The summed E-state index contributed by atoms with van der Waals surface area (Å²) in [5.41, 5.74) is -1.74. The van der Waals surface area contributed by atoms with Crippen LogP contribution in [0.25, 0.3) is 0 Å². The second kappa shape index (κ2) is 3.63. The first kappa shape index (κ1) is 12.3. The number of hydrogen-bond acceptors (Lipinski definition) is 4. The molecule has 0 aromatic rings. The molecule has 100 valence electrons. The minimum absolute atomic E-state index is 0.116. The lowest BCUT2D eigenvalue weighted by Crippen LogP contribution is -2.53. The number of ether oxygens (including phenoxy) is 1. The third-order valence-electron chi connectivity index (χ3n) is 4.25. The molecular formula is C11H15NO5S. The van der Waals surface area contributed by atoms with Crippen molar-refractivity contribution in [3.63, 3.8) is 0 Å². The number of hydrogen-bond donors (Lipinski definition) is 3. The predicted octanol–water partition coefficient (Wildman–Crippen LogP) is -0.132. The van der Waals surface area contributed by atoms with Gasteiger partial charge in [0.1, 0.15) is 11.7 Å². The van der Waals surface area contributed by atoms with Crippen LogP contribution in [0, 0.1) is 5.92 Å². The zero-order chi connectivity index (χ0) is 13.1. The van der Waals surface area contributed by atoms with Crippen LogP contribution in [-0.4, -0.2) is 37.1 Å². The van der Waals surface area contributed by atoms with Gasteiger partial charge in [0.15, 0.2) is 0 Å². The van der Waals surface area contributed by atoms with E-state index in [1.165, 1.54) is 0 Å². The van der Waals surface area contributed by atoms with Gasteiger partial charge in [0.2, 0.25) is 11.3 Å². The van der Waals surface area contributed by atoms with Gasteiger partial charge in [-0.15, -0.1) is 0 Å². The molecule has 5 atom stereocenters. The van der Waals surface area contributed by atoms with Gasteiger partial charge in [0.25, 0.3) is 0 Å². The minimum atomic E-state index is -2.17. The van der Waals surface area contributed by atoms with E-state index in [0.717, 1.165) is 6.42 Å². The van der Waals surface area contributed by atoms with Gasteiger partial charge in [-0.2, -0.15) is 0 Å². The maximum Gasteiger partial charge on any atom is 0.337 e. The first-order valence-electron chi connectivity index (χ1n) is 5.90. The molecule has 0 spiro atoms. The van der Waals surface area contributed by atoms with Crippen molar-refractivity contribution in [2.45, 2.75) is 43.4 Å². The molecule has 2 fully saturated rings. The van der Waals surface area contributed by atoms with Gasteiger partial charge in [0, 0.05) is 5.54 Å². The Labute approximate surface area is 107 Å². The molecule has 6 nitrogen and oxygen atoms in total. The second-order valence-electron chi connectivity index (χ2n) is 5.52. The Balaban J connectivity index is 2.05. The number of rotatable bonds is 2. The number of aliphatic hydroxyl groups is 1. The first-order valence-corrected chi connectivity index (χ1v) is 7.01. The van der Waals surface area contributed by atoms with Crippen molar-refractivity contribution < 1.29 is 23.4 Å². The topological polar surface area (TPSA) is 95.9 Å². The van der Waals surface area contributed by atoms with Crippen LogP contribution < -0.4 is 4.72 Å². The van der Waals surface area contributed by atoms with Gasteiger partial charge in [-0.3, -0.25) is 4.55 Å². The molecule has 0 bridgehead atoms. The monoisotopic (exact) mass is 273 g/mol. The maximum atomic E-state index is 11.8. The van der Waals surface area contributed by atoms with Gasteiger partial charge >= 0.3 is 5.97 Å². The van der Waals surface area contributed by atoms with Gasteiger partial charge in [0.05, 0.1) is 5.57 Å². The third-order valence-corrected chi connectivity index (χ3v) is 4.89. The van der Waals surface area contributed by atoms with Crippen LogP contribution in [0.4, 0.5) is 0 Å². The highest BCUT2D eigenvalue weighted by atomic mass is 32.2. The van der Waals surface area contributed by atoms with Crippen LogP contribution in [0.1, 0.15) is 26.2 Å². The van der Waals surface area contributed by atoms with Gasteiger partial charge in [-0.05, 0) is 32.1 Å². The Morgan fingerprint density at radius 2 is 2.28 bits per heavy atom. The molecular weight excluding hydrogens is 258 g/mol. The van der Waals surface area contributed by atoms with Gasteiger partial charge < -0.3 is 9.84 Å². The van der Waals surface area contributed by atoms with E-state index in [1.54, 1.807) is 13.0 Å². The van der Waals surface area contributed by atoms with Crippen molar-refractivity contribution in [1.82, 2.24) is 4.72 Å². The second-order valence-corrected chi connectivity index (χ2v) is 6.23. The molecule has 1 aliphatic heterocycles. The van der Waals surface area contributed by atoms with Crippen molar-refractivity contribution in [1.29, 1.82) is 0 Å². The number of nitrogens with one attached hydrogen (secondary N) is 1. The van der Waals surface area contributed by atoms with Crippen LogP contribution in [0.15, 0.2) is 11.6 Å². The van der Waals surface area contributed by atoms with E-state index in [-0.39, 0.29) is 11.5 Å². The summed E-state index contributed by atoms with van der Waals surface area (Å²) in [5, 5.41) is 10.7. The Morgan fingerprint density at radius 3 is 2.94 bits per heavy atom. The summed E-state index contributed by atoms with van der Waals surface area (Å²) >= 11 is -2.17. The molecule has 1 heterocycles. The minimum Gasteiger partial charge on any atom is -0.455 e. The Kier molecular flexibility index (Phi) is 2.48. The van der Waals surface area contributed by atoms with E-state index in [2.05, 4.69) is 4.72 Å². The summed E-state index contributed by atoms with van der Waals surface area (Å²) in [6.45, 7) is 1.74. The third kappa shape index (κ3) is 1.51. The Hall–Kier alpha value is -0.760. The smallest absolute Gasteiger partial charge is 0.337 e. The number of esters is 1. The Bertz CT molecular complexity index is 478. The van der Waals surface area contributed by atoms with Crippen molar-refractivity contribution in [2.75, 3.05) is 0 Å². The average molecular weight is 273 g/mol. The Morgan fingerprint density at radius 1 is 1.56 bits per heavy atom. The number of carbonyl (C=O) groups excluding carboxylic acids is 1. The average Bonchev–Trinajstić information content (AvgIpc) is 2.66. The summed E-state index contributed by atoms with van der Waals surface area (Å²) in [4.78, 5) is 11.8. The van der Waals surface area contributed by atoms with Crippen LogP contribution >= 0.6 is 0 Å². The molecule has 18 heavy (non-hydrogen) atoms. The van der Waals surface area contributed by atoms with E-state index >= 15 is 0 Å². The molecule has 0 aromatic carbocycles. The summed E-state index contributed by atoms with van der Waals surface area (Å²) in [6.07, 6.45) is 2.99.